The fraction of sp³-hybridized carbons (Fsp3) is 0.385. The lowest BCUT2D eigenvalue weighted by Gasteiger charge is -2.09. The zero-order valence-electron chi connectivity index (χ0n) is 11.0. The smallest absolute Gasteiger partial charge is 0.335 e. The molecule has 0 saturated carbocycles. The van der Waals surface area contributed by atoms with Gasteiger partial charge in [-0.15, -0.1) is 0 Å². The standard InChI is InChI=1S/C13H14ClNO5S/c14-10-4-9(13(17)18)5-11(6-10)15-12(16)3-8-1-2-21(19,20)7-8/h4-6,8H,1-3,7H2,(H,15,16)(H,17,18). The SMILES string of the molecule is O=C(CC1CCS(=O)(=O)C1)Nc1cc(Cl)cc(C(=O)O)c1. The van der Waals surface area contributed by atoms with Crippen LogP contribution >= 0.6 is 11.6 Å². The van der Waals surface area contributed by atoms with Crippen molar-refractivity contribution < 1.29 is 23.1 Å². The number of nitrogens with one attached hydrogen (secondary N) is 1. The van der Waals surface area contributed by atoms with Crippen molar-refractivity contribution in [2.24, 2.45) is 5.92 Å². The topological polar surface area (TPSA) is 101 Å². The first-order chi connectivity index (χ1) is 9.75. The molecule has 1 unspecified atom stereocenters. The van der Waals surface area contributed by atoms with Crippen molar-refractivity contribution in [2.45, 2.75) is 12.8 Å². The molecule has 0 aromatic heterocycles. The number of anilines is 1. The molecule has 2 N–H and O–H groups in total. The molecule has 1 fully saturated rings. The predicted molar refractivity (Wildman–Crippen MR) is 78.4 cm³/mol. The second-order valence-corrected chi connectivity index (χ2v) is 7.72. The van der Waals surface area contributed by atoms with E-state index in [4.69, 9.17) is 16.7 Å². The number of hydrogen-bond donors (Lipinski definition) is 2. The summed E-state index contributed by atoms with van der Waals surface area (Å²) in [5.41, 5.74) is 0.256. The number of carbonyl (C=O) groups is 2. The van der Waals surface area contributed by atoms with E-state index in [9.17, 15) is 18.0 Å². The third-order valence-electron chi connectivity index (χ3n) is 3.23. The fourth-order valence-electron chi connectivity index (χ4n) is 2.29. The van der Waals surface area contributed by atoms with Crippen LogP contribution in [-0.2, 0) is 14.6 Å². The lowest BCUT2D eigenvalue weighted by Crippen LogP contribution is -2.17. The Hall–Kier alpha value is -1.60. The summed E-state index contributed by atoms with van der Waals surface area (Å²) in [6, 6.07) is 4.03. The molecular formula is C13H14ClNO5S. The number of sulfone groups is 1. The van der Waals surface area contributed by atoms with Crippen molar-refractivity contribution >= 4 is 39.0 Å². The van der Waals surface area contributed by atoms with Gasteiger partial charge in [-0.2, -0.15) is 0 Å². The summed E-state index contributed by atoms with van der Waals surface area (Å²) in [5, 5.41) is 11.7. The van der Waals surface area contributed by atoms with Gasteiger partial charge in [0.2, 0.25) is 5.91 Å². The van der Waals surface area contributed by atoms with Gasteiger partial charge in [-0.1, -0.05) is 11.6 Å². The summed E-state index contributed by atoms with van der Waals surface area (Å²) in [4.78, 5) is 22.8. The minimum Gasteiger partial charge on any atom is -0.478 e. The maximum Gasteiger partial charge on any atom is 0.335 e. The van der Waals surface area contributed by atoms with E-state index in [-0.39, 0.29) is 46.0 Å². The molecule has 6 nitrogen and oxygen atoms in total. The van der Waals surface area contributed by atoms with Crippen LogP contribution in [0.2, 0.25) is 5.02 Å². The van der Waals surface area contributed by atoms with Crippen LogP contribution in [0.4, 0.5) is 5.69 Å². The lowest BCUT2D eigenvalue weighted by atomic mass is 10.0. The molecule has 2 rings (SSSR count). The monoisotopic (exact) mass is 331 g/mol. The van der Waals surface area contributed by atoms with Gasteiger partial charge < -0.3 is 10.4 Å². The van der Waals surface area contributed by atoms with Crippen molar-refractivity contribution in [3.05, 3.63) is 28.8 Å². The zero-order valence-corrected chi connectivity index (χ0v) is 12.6. The van der Waals surface area contributed by atoms with Gasteiger partial charge in [-0.3, -0.25) is 4.79 Å². The number of hydrogen-bond acceptors (Lipinski definition) is 4. The maximum atomic E-state index is 11.9. The Morgan fingerprint density at radius 1 is 1.33 bits per heavy atom. The molecule has 1 saturated heterocycles. The van der Waals surface area contributed by atoms with Gasteiger partial charge in [-0.05, 0) is 30.5 Å². The van der Waals surface area contributed by atoms with E-state index in [1.165, 1.54) is 18.2 Å². The van der Waals surface area contributed by atoms with Gasteiger partial charge in [0, 0.05) is 17.1 Å². The number of halogens is 1. The Bertz CT molecular complexity index is 686. The largest absolute Gasteiger partial charge is 0.478 e. The molecule has 1 aliphatic rings. The molecular weight excluding hydrogens is 318 g/mol. The van der Waals surface area contributed by atoms with E-state index >= 15 is 0 Å². The maximum absolute atomic E-state index is 11.9. The van der Waals surface area contributed by atoms with Crippen molar-refractivity contribution in [3.63, 3.8) is 0 Å². The Kier molecular flexibility index (Phi) is 4.53. The van der Waals surface area contributed by atoms with Gasteiger partial charge >= 0.3 is 5.97 Å². The number of rotatable bonds is 4. The van der Waals surface area contributed by atoms with Crippen molar-refractivity contribution in [2.75, 3.05) is 16.8 Å². The highest BCUT2D eigenvalue weighted by atomic mass is 35.5. The van der Waals surface area contributed by atoms with E-state index in [0.29, 0.717) is 6.42 Å². The first-order valence-corrected chi connectivity index (χ1v) is 8.49. The normalized spacial score (nSPS) is 20.1. The van der Waals surface area contributed by atoms with E-state index in [2.05, 4.69) is 5.32 Å². The fourth-order valence-corrected chi connectivity index (χ4v) is 4.39. The van der Waals surface area contributed by atoms with Gasteiger partial charge in [0.25, 0.3) is 0 Å². The Morgan fingerprint density at radius 3 is 2.62 bits per heavy atom. The third kappa shape index (κ3) is 4.44. The molecule has 1 atom stereocenters. The second-order valence-electron chi connectivity index (χ2n) is 5.06. The molecule has 1 heterocycles. The summed E-state index contributed by atoms with van der Waals surface area (Å²) < 4.78 is 22.7. The van der Waals surface area contributed by atoms with Crippen LogP contribution in [0.25, 0.3) is 0 Å². The van der Waals surface area contributed by atoms with E-state index in [1.54, 1.807) is 0 Å². The molecule has 8 heteroatoms. The predicted octanol–water partition coefficient (Wildman–Crippen LogP) is 1.80. The Morgan fingerprint density at radius 2 is 2.05 bits per heavy atom. The second kappa shape index (κ2) is 6.03. The number of carboxylic acid groups (broad SMARTS) is 1. The average molecular weight is 332 g/mol. The highest BCUT2D eigenvalue weighted by Crippen LogP contribution is 2.23. The quantitative estimate of drug-likeness (QED) is 0.876. The minimum absolute atomic E-state index is 0.0241. The molecule has 0 bridgehead atoms. The van der Waals surface area contributed by atoms with Crippen LogP contribution in [0.1, 0.15) is 23.2 Å². The van der Waals surface area contributed by atoms with Crippen molar-refractivity contribution in [1.82, 2.24) is 0 Å². The lowest BCUT2D eigenvalue weighted by molar-refractivity contribution is -0.116. The third-order valence-corrected chi connectivity index (χ3v) is 5.28. The van der Waals surface area contributed by atoms with E-state index in [0.717, 1.165) is 0 Å². The number of carboxylic acids is 1. The molecule has 1 aliphatic heterocycles. The molecule has 1 amide bonds. The summed E-state index contributed by atoms with van der Waals surface area (Å²) in [5.74, 6) is -1.54. The molecule has 0 radical (unpaired) electrons. The van der Waals surface area contributed by atoms with Crippen LogP contribution in [-0.4, -0.2) is 36.9 Å². The Labute approximate surface area is 127 Å². The molecule has 1 aromatic rings. The van der Waals surface area contributed by atoms with Crippen molar-refractivity contribution in [3.8, 4) is 0 Å². The van der Waals surface area contributed by atoms with Gasteiger partial charge in [0.1, 0.15) is 0 Å². The van der Waals surface area contributed by atoms with E-state index in [1.807, 2.05) is 0 Å². The summed E-state index contributed by atoms with van der Waals surface area (Å²) in [7, 11) is -3.02. The number of aromatic carboxylic acids is 1. The van der Waals surface area contributed by atoms with Crippen LogP contribution in [0.5, 0.6) is 0 Å². The van der Waals surface area contributed by atoms with Gasteiger partial charge in [-0.25, -0.2) is 13.2 Å². The average Bonchev–Trinajstić information content (AvgIpc) is 2.67. The summed E-state index contributed by atoms with van der Waals surface area (Å²) >= 11 is 5.79. The van der Waals surface area contributed by atoms with Crippen LogP contribution < -0.4 is 5.32 Å². The molecule has 0 spiro atoms. The minimum atomic E-state index is -3.02. The van der Waals surface area contributed by atoms with Gasteiger partial charge in [0.05, 0.1) is 17.1 Å². The van der Waals surface area contributed by atoms with Crippen LogP contribution in [0, 0.1) is 5.92 Å². The zero-order chi connectivity index (χ0) is 15.6. The Balaban J connectivity index is 2.01. The first kappa shape index (κ1) is 15.8. The molecule has 114 valence electrons. The molecule has 1 aromatic carbocycles. The molecule has 0 aliphatic carbocycles. The number of carbonyl (C=O) groups excluding carboxylic acids is 1. The first-order valence-electron chi connectivity index (χ1n) is 6.29. The van der Waals surface area contributed by atoms with Crippen LogP contribution in [0.3, 0.4) is 0 Å². The number of amides is 1. The van der Waals surface area contributed by atoms with E-state index < -0.39 is 15.8 Å². The summed E-state index contributed by atoms with van der Waals surface area (Å²) in [6.45, 7) is 0. The number of benzene rings is 1. The van der Waals surface area contributed by atoms with Crippen LogP contribution in [0.15, 0.2) is 18.2 Å². The highest BCUT2D eigenvalue weighted by molar-refractivity contribution is 7.91. The molecule has 21 heavy (non-hydrogen) atoms. The van der Waals surface area contributed by atoms with Gasteiger partial charge in [0.15, 0.2) is 9.84 Å². The van der Waals surface area contributed by atoms with Crippen molar-refractivity contribution in [1.29, 1.82) is 0 Å². The highest BCUT2D eigenvalue weighted by Gasteiger charge is 2.29. The summed E-state index contributed by atoms with van der Waals surface area (Å²) in [6.07, 6.45) is 0.569.